The summed E-state index contributed by atoms with van der Waals surface area (Å²) in [7, 11) is 1.35. The molecule has 0 saturated carbocycles. The van der Waals surface area contributed by atoms with Crippen molar-refractivity contribution in [3.8, 4) is 0 Å². The number of nitrogens with zero attached hydrogens (tertiary/aromatic N) is 2. The van der Waals surface area contributed by atoms with Crippen molar-refractivity contribution in [1.29, 1.82) is 0 Å². The van der Waals surface area contributed by atoms with Crippen LogP contribution in [0.25, 0.3) is 0 Å². The number of anilines is 1. The fourth-order valence-corrected chi connectivity index (χ4v) is 2.94. The second-order valence-corrected chi connectivity index (χ2v) is 7.97. The number of amides is 1. The molecule has 6 nitrogen and oxygen atoms in total. The number of benzene rings is 1. The van der Waals surface area contributed by atoms with E-state index in [0.29, 0.717) is 5.69 Å². The van der Waals surface area contributed by atoms with E-state index in [-0.39, 0.29) is 16.8 Å². The third kappa shape index (κ3) is 5.30. The van der Waals surface area contributed by atoms with Gasteiger partial charge in [0.25, 0.3) is 0 Å². The molecular formula is C16H27N3O3S. The second kappa shape index (κ2) is 8.42. The topological polar surface area (TPSA) is 69.7 Å². The van der Waals surface area contributed by atoms with E-state index < -0.39 is 10.0 Å². The Morgan fingerprint density at radius 3 is 2.48 bits per heavy atom. The summed E-state index contributed by atoms with van der Waals surface area (Å²) in [5.41, 5.74) is 0.480. The summed E-state index contributed by atoms with van der Waals surface area (Å²) in [6, 6.07) is 6.02. The van der Waals surface area contributed by atoms with Crippen LogP contribution in [0, 0.1) is 0 Å². The Morgan fingerprint density at radius 2 is 1.91 bits per heavy atom. The summed E-state index contributed by atoms with van der Waals surface area (Å²) < 4.78 is 25.4. The first-order valence-electron chi connectivity index (χ1n) is 7.73. The van der Waals surface area contributed by atoms with Crippen LogP contribution in [0.4, 0.5) is 5.69 Å². The molecule has 1 atom stereocenters. The maximum absolute atomic E-state index is 12.3. The van der Waals surface area contributed by atoms with Gasteiger partial charge in [0.1, 0.15) is 0 Å². The summed E-state index contributed by atoms with van der Waals surface area (Å²) in [4.78, 5) is 14.4. The van der Waals surface area contributed by atoms with E-state index >= 15 is 0 Å². The van der Waals surface area contributed by atoms with Gasteiger partial charge in [-0.15, -0.1) is 0 Å². The van der Waals surface area contributed by atoms with E-state index in [9.17, 15) is 13.2 Å². The molecule has 1 unspecified atom stereocenters. The quantitative estimate of drug-likeness (QED) is 0.785. The lowest BCUT2D eigenvalue weighted by molar-refractivity contribution is -0.120. The smallest absolute Gasteiger partial charge is 0.242 e. The van der Waals surface area contributed by atoms with Crippen molar-refractivity contribution in [3.05, 3.63) is 24.3 Å². The molecule has 1 aromatic carbocycles. The van der Waals surface area contributed by atoms with E-state index in [1.807, 2.05) is 18.9 Å². The van der Waals surface area contributed by atoms with Crippen LogP contribution in [0.15, 0.2) is 29.2 Å². The number of carbonyl (C=O) groups is 1. The molecule has 0 aromatic heterocycles. The Balaban J connectivity index is 2.84. The molecule has 1 N–H and O–H groups in total. The molecule has 0 spiro atoms. The van der Waals surface area contributed by atoms with Crippen molar-refractivity contribution in [2.24, 2.45) is 0 Å². The minimum Gasteiger partial charge on any atom is -0.325 e. The first-order chi connectivity index (χ1) is 10.7. The molecule has 0 heterocycles. The third-order valence-corrected chi connectivity index (χ3v) is 5.60. The lowest BCUT2D eigenvalue weighted by Gasteiger charge is -2.23. The van der Waals surface area contributed by atoms with E-state index in [4.69, 9.17) is 0 Å². The Morgan fingerprint density at radius 1 is 1.26 bits per heavy atom. The zero-order valence-corrected chi connectivity index (χ0v) is 15.4. The normalized spacial score (nSPS) is 13.3. The van der Waals surface area contributed by atoms with Gasteiger partial charge in [-0.05, 0) is 45.1 Å². The van der Waals surface area contributed by atoms with Crippen molar-refractivity contribution in [2.75, 3.05) is 33.0 Å². The molecule has 130 valence electrons. The van der Waals surface area contributed by atoms with Crippen molar-refractivity contribution < 1.29 is 13.2 Å². The first-order valence-corrected chi connectivity index (χ1v) is 9.17. The Bertz CT molecular complexity index is 629. The SMILES string of the molecule is CCCCN(C)C(C)C(=O)Nc1cccc(S(=O)(=O)N(C)C)c1. The predicted molar refractivity (Wildman–Crippen MR) is 92.9 cm³/mol. The predicted octanol–water partition coefficient (Wildman–Crippen LogP) is 2.00. The molecule has 1 rings (SSSR count). The van der Waals surface area contributed by atoms with Crippen molar-refractivity contribution in [1.82, 2.24) is 9.21 Å². The van der Waals surface area contributed by atoms with Crippen LogP contribution in [-0.2, 0) is 14.8 Å². The Labute approximate surface area is 139 Å². The number of unbranched alkanes of at least 4 members (excludes halogenated alkanes) is 1. The third-order valence-electron chi connectivity index (χ3n) is 3.79. The highest BCUT2D eigenvalue weighted by atomic mass is 32.2. The van der Waals surface area contributed by atoms with Crippen LogP contribution in [0.5, 0.6) is 0 Å². The Hall–Kier alpha value is -1.44. The molecule has 0 aliphatic heterocycles. The number of hydrogen-bond acceptors (Lipinski definition) is 4. The summed E-state index contributed by atoms with van der Waals surface area (Å²) >= 11 is 0. The minimum atomic E-state index is -3.51. The molecule has 0 aliphatic carbocycles. The largest absolute Gasteiger partial charge is 0.325 e. The van der Waals surface area contributed by atoms with Gasteiger partial charge < -0.3 is 5.32 Å². The van der Waals surface area contributed by atoms with E-state index in [1.165, 1.54) is 26.2 Å². The van der Waals surface area contributed by atoms with E-state index in [1.54, 1.807) is 12.1 Å². The number of nitrogens with one attached hydrogen (secondary N) is 1. The van der Waals surface area contributed by atoms with Gasteiger partial charge in [-0.1, -0.05) is 19.4 Å². The molecule has 23 heavy (non-hydrogen) atoms. The summed E-state index contributed by atoms with van der Waals surface area (Å²) in [6.45, 7) is 4.79. The molecule has 0 aliphatic rings. The van der Waals surface area contributed by atoms with Crippen LogP contribution in [0.2, 0.25) is 0 Å². The van der Waals surface area contributed by atoms with Crippen LogP contribution >= 0.6 is 0 Å². The molecule has 0 radical (unpaired) electrons. The van der Waals surface area contributed by atoms with Crippen LogP contribution in [-0.4, -0.2) is 57.3 Å². The van der Waals surface area contributed by atoms with Crippen molar-refractivity contribution >= 4 is 21.6 Å². The number of rotatable bonds is 8. The highest BCUT2D eigenvalue weighted by molar-refractivity contribution is 7.89. The first kappa shape index (κ1) is 19.6. The maximum atomic E-state index is 12.3. The number of likely N-dealkylation sites (N-methyl/N-ethyl adjacent to an activating group) is 1. The molecule has 0 saturated heterocycles. The molecule has 0 fully saturated rings. The van der Waals surface area contributed by atoms with Crippen LogP contribution < -0.4 is 5.32 Å². The van der Waals surface area contributed by atoms with Crippen LogP contribution in [0.3, 0.4) is 0 Å². The fraction of sp³-hybridized carbons (Fsp3) is 0.562. The number of carbonyl (C=O) groups excluding carboxylic acids is 1. The van der Waals surface area contributed by atoms with Gasteiger partial charge in [0.05, 0.1) is 10.9 Å². The lowest BCUT2D eigenvalue weighted by atomic mass is 10.2. The fourth-order valence-electron chi connectivity index (χ4n) is 1.99. The van der Waals surface area contributed by atoms with Crippen LogP contribution in [0.1, 0.15) is 26.7 Å². The number of sulfonamides is 1. The zero-order valence-electron chi connectivity index (χ0n) is 14.5. The van der Waals surface area contributed by atoms with Gasteiger partial charge in [-0.2, -0.15) is 0 Å². The molecule has 1 amide bonds. The van der Waals surface area contributed by atoms with Gasteiger partial charge >= 0.3 is 0 Å². The number of hydrogen-bond donors (Lipinski definition) is 1. The van der Waals surface area contributed by atoms with Gasteiger partial charge in [-0.3, -0.25) is 9.69 Å². The maximum Gasteiger partial charge on any atom is 0.242 e. The van der Waals surface area contributed by atoms with Gasteiger partial charge in [0, 0.05) is 19.8 Å². The summed E-state index contributed by atoms with van der Waals surface area (Å²) in [5.74, 6) is -0.150. The molecule has 0 bridgehead atoms. The monoisotopic (exact) mass is 341 g/mol. The highest BCUT2D eigenvalue weighted by Gasteiger charge is 2.20. The standard InChI is InChI=1S/C16H27N3O3S/c1-6-7-11-19(5)13(2)16(20)17-14-9-8-10-15(12-14)23(21,22)18(3)4/h8-10,12-13H,6-7,11H2,1-5H3,(H,17,20). The lowest BCUT2D eigenvalue weighted by Crippen LogP contribution is -2.40. The Kier molecular flexibility index (Phi) is 7.18. The zero-order chi connectivity index (χ0) is 17.6. The van der Waals surface area contributed by atoms with E-state index in [2.05, 4.69) is 12.2 Å². The van der Waals surface area contributed by atoms with Crippen molar-refractivity contribution in [3.63, 3.8) is 0 Å². The van der Waals surface area contributed by atoms with Crippen molar-refractivity contribution in [2.45, 2.75) is 37.6 Å². The van der Waals surface area contributed by atoms with E-state index in [0.717, 1.165) is 23.7 Å². The summed E-state index contributed by atoms with van der Waals surface area (Å²) in [5, 5.41) is 2.79. The van der Waals surface area contributed by atoms with Gasteiger partial charge in [0.15, 0.2) is 0 Å². The average molecular weight is 341 g/mol. The van der Waals surface area contributed by atoms with Gasteiger partial charge in [0.2, 0.25) is 15.9 Å². The second-order valence-electron chi connectivity index (χ2n) is 5.81. The minimum absolute atomic E-state index is 0.150. The van der Waals surface area contributed by atoms with Gasteiger partial charge in [-0.25, -0.2) is 12.7 Å². The molecule has 7 heteroatoms. The average Bonchev–Trinajstić information content (AvgIpc) is 2.51. The highest BCUT2D eigenvalue weighted by Crippen LogP contribution is 2.18. The molecule has 1 aromatic rings. The summed E-state index contributed by atoms with van der Waals surface area (Å²) in [6.07, 6.45) is 2.10. The molecular weight excluding hydrogens is 314 g/mol.